The minimum Gasteiger partial charge on any atom is -0.462 e. The van der Waals surface area contributed by atoms with Crippen LogP contribution in [0.4, 0.5) is 0 Å². The molecular weight excluding hydrogens is 973 g/mol. The van der Waals surface area contributed by atoms with E-state index in [-0.39, 0.29) is 37.5 Å². The zero-order chi connectivity index (χ0) is 57.1. The Bertz CT molecular complexity index is 1870. The van der Waals surface area contributed by atoms with Crippen molar-refractivity contribution in [2.45, 2.75) is 245 Å². The van der Waals surface area contributed by atoms with Gasteiger partial charge in [-0.25, -0.2) is 0 Å². The highest BCUT2D eigenvalue weighted by molar-refractivity contribution is 5.71. The molecule has 1 atom stereocenters. The lowest BCUT2D eigenvalue weighted by molar-refractivity contribution is -0.167. The van der Waals surface area contributed by atoms with Gasteiger partial charge in [0.15, 0.2) is 6.10 Å². The van der Waals surface area contributed by atoms with Crippen LogP contribution in [0.2, 0.25) is 0 Å². The first-order chi connectivity index (χ1) is 39.0. The molecule has 440 valence electrons. The van der Waals surface area contributed by atoms with Crippen molar-refractivity contribution in [1.82, 2.24) is 0 Å². The van der Waals surface area contributed by atoms with Crippen molar-refractivity contribution in [3.05, 3.63) is 182 Å². The fourth-order valence-electron chi connectivity index (χ4n) is 7.80. The normalized spacial score (nSPS) is 13.4. The number of allylic oxidation sites excluding steroid dienone is 30. The lowest BCUT2D eigenvalue weighted by atomic mass is 10.1. The standard InChI is InChI=1S/C73H112O6/c1-4-7-10-13-15-17-19-21-23-25-27-29-31-32-33-34-35-36-37-38-39-40-42-43-45-47-49-51-53-55-57-60-63-66-72(75)78-69-70(68-77-71(74)65-62-59-12-9-6-3)79-73(76)67-64-61-58-56-54-52-50-48-46-44-41-30-28-26-24-22-20-18-16-14-11-8-5-2/h7-8,10-11,15-18,21-24,27-30,32-33,35-36,38-39,42-44,46,50,52,56,58,70H,4-6,9,12-14,19-20,25-26,31,34,37,40-41,45,47-49,51,53-55,57,59-69H2,1-3H3/b10-7-,11-8-,17-15-,18-16-,23-21-,24-22-,29-27-,30-28-,33-32-,36-35-,39-38-,43-42-,46-44-,52-50-,58-56-. The van der Waals surface area contributed by atoms with Crippen molar-refractivity contribution < 1.29 is 28.6 Å². The molecule has 0 aliphatic rings. The Morgan fingerprint density at radius 3 is 0.810 bits per heavy atom. The topological polar surface area (TPSA) is 78.9 Å². The Kier molecular flexibility index (Phi) is 60.5. The van der Waals surface area contributed by atoms with Crippen molar-refractivity contribution >= 4 is 17.9 Å². The van der Waals surface area contributed by atoms with Gasteiger partial charge in [0.25, 0.3) is 0 Å². The maximum absolute atomic E-state index is 12.8. The molecule has 0 rings (SSSR count). The highest BCUT2D eigenvalue weighted by atomic mass is 16.6. The summed E-state index contributed by atoms with van der Waals surface area (Å²) in [6.45, 7) is 6.25. The van der Waals surface area contributed by atoms with Gasteiger partial charge in [-0.05, 0) is 135 Å². The highest BCUT2D eigenvalue weighted by Gasteiger charge is 2.19. The molecule has 0 aromatic heterocycles. The first-order valence-electron chi connectivity index (χ1n) is 31.3. The molecule has 0 amide bonds. The minimum atomic E-state index is -0.818. The van der Waals surface area contributed by atoms with E-state index in [1.807, 2.05) is 0 Å². The molecule has 0 radical (unpaired) electrons. The van der Waals surface area contributed by atoms with Gasteiger partial charge >= 0.3 is 17.9 Å². The fraction of sp³-hybridized carbons (Fsp3) is 0.548. The Labute approximate surface area is 484 Å². The lowest BCUT2D eigenvalue weighted by Crippen LogP contribution is -2.30. The molecule has 0 bridgehead atoms. The zero-order valence-corrected chi connectivity index (χ0v) is 50.3. The minimum absolute atomic E-state index is 0.112. The number of esters is 3. The molecule has 79 heavy (non-hydrogen) atoms. The summed E-state index contributed by atoms with van der Waals surface area (Å²) in [6, 6.07) is 0. The molecule has 0 fully saturated rings. The van der Waals surface area contributed by atoms with E-state index in [0.29, 0.717) is 19.3 Å². The van der Waals surface area contributed by atoms with Crippen molar-refractivity contribution in [2.24, 2.45) is 0 Å². The largest absolute Gasteiger partial charge is 0.462 e. The average Bonchev–Trinajstić information content (AvgIpc) is 3.45. The van der Waals surface area contributed by atoms with Crippen LogP contribution in [0.3, 0.4) is 0 Å². The molecular formula is C73H112O6. The van der Waals surface area contributed by atoms with Crippen LogP contribution in [0.1, 0.15) is 239 Å². The number of ether oxygens (including phenoxy) is 3. The van der Waals surface area contributed by atoms with Gasteiger partial charge in [-0.3, -0.25) is 14.4 Å². The number of unbranched alkanes of at least 4 members (excludes halogenated alkanes) is 13. The molecule has 1 unspecified atom stereocenters. The zero-order valence-electron chi connectivity index (χ0n) is 50.3. The van der Waals surface area contributed by atoms with E-state index in [1.54, 1.807) is 0 Å². The summed E-state index contributed by atoms with van der Waals surface area (Å²) in [5.74, 6) is -1.01. The van der Waals surface area contributed by atoms with Gasteiger partial charge in [0.1, 0.15) is 13.2 Å². The van der Waals surface area contributed by atoms with E-state index in [1.165, 1.54) is 32.1 Å². The number of hydrogen-bond acceptors (Lipinski definition) is 6. The van der Waals surface area contributed by atoms with Gasteiger partial charge in [0, 0.05) is 19.3 Å². The van der Waals surface area contributed by atoms with Crippen LogP contribution in [0.15, 0.2) is 182 Å². The van der Waals surface area contributed by atoms with Gasteiger partial charge < -0.3 is 14.2 Å². The van der Waals surface area contributed by atoms with Crippen LogP contribution in [-0.2, 0) is 28.6 Å². The van der Waals surface area contributed by atoms with Crippen molar-refractivity contribution in [1.29, 1.82) is 0 Å². The molecule has 6 nitrogen and oxygen atoms in total. The van der Waals surface area contributed by atoms with E-state index in [9.17, 15) is 14.4 Å². The van der Waals surface area contributed by atoms with E-state index < -0.39 is 6.10 Å². The van der Waals surface area contributed by atoms with E-state index in [2.05, 4.69) is 203 Å². The maximum atomic E-state index is 12.8. The van der Waals surface area contributed by atoms with Crippen LogP contribution in [-0.4, -0.2) is 37.2 Å². The third-order valence-corrected chi connectivity index (χ3v) is 12.4. The van der Waals surface area contributed by atoms with Crippen LogP contribution in [0.25, 0.3) is 0 Å². The molecule has 0 N–H and O–H groups in total. The quantitative estimate of drug-likeness (QED) is 0.0261. The fourth-order valence-corrected chi connectivity index (χ4v) is 7.80. The molecule has 0 spiro atoms. The first-order valence-corrected chi connectivity index (χ1v) is 31.3. The SMILES string of the molecule is CC/C=C\C/C=C\C/C=C\C/C=C\C/C=C\C/C=C\C/C=C\C/C=C\CCCCCCCCCCC(=O)OCC(COC(=O)CCCCCCC)OC(=O)CCC/C=C\C/C=C\C/C=C\C/C=C\C/C=C\C/C=C\C/C=C\CC. The monoisotopic (exact) mass is 1080 g/mol. The van der Waals surface area contributed by atoms with Crippen LogP contribution in [0, 0.1) is 0 Å². The second-order valence-electron chi connectivity index (χ2n) is 19.9. The summed E-state index contributed by atoms with van der Waals surface area (Å²) in [5, 5.41) is 0. The smallest absolute Gasteiger partial charge is 0.306 e. The van der Waals surface area contributed by atoms with Crippen LogP contribution in [0.5, 0.6) is 0 Å². The maximum Gasteiger partial charge on any atom is 0.306 e. The van der Waals surface area contributed by atoms with Crippen LogP contribution >= 0.6 is 0 Å². The Hall–Kier alpha value is -5.49. The van der Waals surface area contributed by atoms with Crippen molar-refractivity contribution in [3.8, 4) is 0 Å². The van der Waals surface area contributed by atoms with Gasteiger partial charge in [0.05, 0.1) is 0 Å². The van der Waals surface area contributed by atoms with E-state index >= 15 is 0 Å². The summed E-state index contributed by atoms with van der Waals surface area (Å²) in [5.41, 5.74) is 0. The third-order valence-electron chi connectivity index (χ3n) is 12.4. The molecule has 0 saturated heterocycles. The number of hydrogen-bond donors (Lipinski definition) is 0. The van der Waals surface area contributed by atoms with Gasteiger partial charge in [0.2, 0.25) is 0 Å². The molecule has 0 heterocycles. The van der Waals surface area contributed by atoms with Gasteiger partial charge in [-0.2, -0.15) is 0 Å². The molecule has 0 aliphatic carbocycles. The second-order valence-corrected chi connectivity index (χ2v) is 19.9. The Morgan fingerprint density at radius 2 is 0.506 bits per heavy atom. The number of rotatable bonds is 54. The molecule has 0 aliphatic heterocycles. The number of carbonyl (C=O) groups is 3. The van der Waals surface area contributed by atoms with Crippen LogP contribution < -0.4 is 0 Å². The molecule has 0 saturated carbocycles. The predicted octanol–water partition coefficient (Wildman–Crippen LogP) is 21.7. The van der Waals surface area contributed by atoms with Gasteiger partial charge in [-0.1, -0.05) is 267 Å². The molecule has 0 aromatic carbocycles. The second kappa shape index (κ2) is 65.0. The van der Waals surface area contributed by atoms with E-state index in [4.69, 9.17) is 14.2 Å². The van der Waals surface area contributed by atoms with E-state index in [0.717, 1.165) is 161 Å². The van der Waals surface area contributed by atoms with Gasteiger partial charge in [-0.15, -0.1) is 0 Å². The summed E-state index contributed by atoms with van der Waals surface area (Å²) < 4.78 is 16.7. The Morgan fingerprint density at radius 1 is 0.266 bits per heavy atom. The number of carbonyl (C=O) groups excluding carboxylic acids is 3. The molecule has 0 aromatic rings. The first kappa shape index (κ1) is 73.5. The summed E-state index contributed by atoms with van der Waals surface area (Å²) in [6.07, 6.45) is 98.0. The average molecular weight is 1090 g/mol. The predicted molar refractivity (Wildman–Crippen MR) is 343 cm³/mol. The van der Waals surface area contributed by atoms with Crippen molar-refractivity contribution in [2.75, 3.05) is 13.2 Å². The summed E-state index contributed by atoms with van der Waals surface area (Å²) in [7, 11) is 0. The summed E-state index contributed by atoms with van der Waals surface area (Å²) >= 11 is 0. The van der Waals surface area contributed by atoms with Crippen molar-refractivity contribution in [3.63, 3.8) is 0 Å². The summed E-state index contributed by atoms with van der Waals surface area (Å²) in [4.78, 5) is 37.9. The highest BCUT2D eigenvalue weighted by Crippen LogP contribution is 2.13. The Balaban J connectivity index is 4.20. The lowest BCUT2D eigenvalue weighted by Gasteiger charge is -2.18. The molecule has 6 heteroatoms. The third kappa shape index (κ3) is 63.2.